The smallest absolute Gasteiger partial charge is 0.162 e. The summed E-state index contributed by atoms with van der Waals surface area (Å²) in [7, 11) is 0. The molecule has 0 amide bonds. The normalized spacial score (nSPS) is 14.1. The summed E-state index contributed by atoms with van der Waals surface area (Å²) in [5.41, 5.74) is 6.51. The molecule has 2 aromatic rings. The largest absolute Gasteiger partial charge is 0.325 e. The number of nitrogens with two attached hydrogens (primary N) is 1. The van der Waals surface area contributed by atoms with E-state index in [0.717, 1.165) is 11.6 Å². The number of hydrogen-bond acceptors (Lipinski definition) is 1. The first-order chi connectivity index (χ1) is 9.37. The fraction of sp³-hybridized carbons (Fsp3) is 0.250. The molecule has 0 bridgehead atoms. The molecule has 2 rings (SSSR count). The van der Waals surface area contributed by atoms with E-state index >= 15 is 0 Å². The molecule has 0 saturated heterocycles. The Hall–Kier alpha value is -1.81. The fourth-order valence-corrected chi connectivity index (χ4v) is 2.25. The molecule has 0 aromatic heterocycles. The summed E-state index contributed by atoms with van der Waals surface area (Å²) in [6.07, 6.45) is 0.650. The zero-order chi connectivity index (χ0) is 14.8. The van der Waals surface area contributed by atoms with E-state index in [0.29, 0.717) is 6.42 Å². The SMILES string of the molecule is CC(N)(Cc1ccc(F)cc1)Cc1cccc(F)c1F. The van der Waals surface area contributed by atoms with E-state index in [4.69, 9.17) is 5.73 Å². The van der Waals surface area contributed by atoms with E-state index < -0.39 is 17.2 Å². The topological polar surface area (TPSA) is 26.0 Å². The summed E-state index contributed by atoms with van der Waals surface area (Å²) in [4.78, 5) is 0. The second-order valence-electron chi connectivity index (χ2n) is 5.35. The van der Waals surface area contributed by atoms with Crippen molar-refractivity contribution in [1.29, 1.82) is 0 Å². The van der Waals surface area contributed by atoms with Crippen molar-refractivity contribution in [2.24, 2.45) is 5.73 Å². The summed E-state index contributed by atoms with van der Waals surface area (Å²) >= 11 is 0. The molecule has 0 aliphatic rings. The van der Waals surface area contributed by atoms with Gasteiger partial charge in [0.05, 0.1) is 0 Å². The molecular weight excluding hydrogens is 263 g/mol. The molecule has 1 unspecified atom stereocenters. The Labute approximate surface area is 116 Å². The molecule has 0 aliphatic heterocycles. The van der Waals surface area contributed by atoms with Gasteiger partial charge in [0.2, 0.25) is 0 Å². The minimum absolute atomic E-state index is 0.202. The van der Waals surface area contributed by atoms with Crippen molar-refractivity contribution in [3.05, 3.63) is 71.0 Å². The van der Waals surface area contributed by atoms with Crippen molar-refractivity contribution in [3.8, 4) is 0 Å². The molecule has 106 valence electrons. The summed E-state index contributed by atoms with van der Waals surface area (Å²) in [5, 5.41) is 0. The third-order valence-corrected chi connectivity index (χ3v) is 3.15. The molecular formula is C16H16F3N. The third-order valence-electron chi connectivity index (χ3n) is 3.15. The van der Waals surface area contributed by atoms with Crippen molar-refractivity contribution in [3.63, 3.8) is 0 Å². The predicted molar refractivity (Wildman–Crippen MR) is 72.8 cm³/mol. The molecule has 2 N–H and O–H groups in total. The second-order valence-corrected chi connectivity index (χ2v) is 5.35. The van der Waals surface area contributed by atoms with Gasteiger partial charge in [-0.25, -0.2) is 13.2 Å². The molecule has 0 aliphatic carbocycles. The molecule has 20 heavy (non-hydrogen) atoms. The van der Waals surface area contributed by atoms with Gasteiger partial charge in [-0.15, -0.1) is 0 Å². The van der Waals surface area contributed by atoms with Crippen LogP contribution in [-0.2, 0) is 12.8 Å². The molecule has 1 atom stereocenters. The van der Waals surface area contributed by atoms with Crippen molar-refractivity contribution < 1.29 is 13.2 Å². The van der Waals surface area contributed by atoms with Crippen LogP contribution in [0.1, 0.15) is 18.1 Å². The van der Waals surface area contributed by atoms with E-state index in [-0.39, 0.29) is 17.8 Å². The minimum Gasteiger partial charge on any atom is -0.325 e. The van der Waals surface area contributed by atoms with Gasteiger partial charge in [-0.3, -0.25) is 0 Å². The average Bonchev–Trinajstić information content (AvgIpc) is 2.37. The summed E-state index contributed by atoms with van der Waals surface area (Å²) in [5.74, 6) is -2.05. The van der Waals surface area contributed by atoms with Crippen molar-refractivity contribution >= 4 is 0 Å². The molecule has 0 radical (unpaired) electrons. The first-order valence-electron chi connectivity index (χ1n) is 6.34. The van der Waals surface area contributed by atoms with Gasteiger partial charge in [0.1, 0.15) is 5.82 Å². The van der Waals surface area contributed by atoms with Crippen LogP contribution in [0.5, 0.6) is 0 Å². The average molecular weight is 279 g/mol. The van der Waals surface area contributed by atoms with Crippen LogP contribution in [0, 0.1) is 17.5 Å². The Balaban J connectivity index is 2.14. The maximum Gasteiger partial charge on any atom is 0.162 e. The predicted octanol–water partition coefficient (Wildman–Crippen LogP) is 3.61. The molecule has 4 heteroatoms. The van der Waals surface area contributed by atoms with Crippen LogP contribution < -0.4 is 5.73 Å². The van der Waals surface area contributed by atoms with Crippen LogP contribution in [0.4, 0.5) is 13.2 Å². The number of benzene rings is 2. The van der Waals surface area contributed by atoms with Gasteiger partial charge in [0.25, 0.3) is 0 Å². The monoisotopic (exact) mass is 279 g/mol. The lowest BCUT2D eigenvalue weighted by atomic mass is 9.87. The lowest BCUT2D eigenvalue weighted by molar-refractivity contribution is 0.437. The zero-order valence-corrected chi connectivity index (χ0v) is 11.2. The molecule has 0 heterocycles. The minimum atomic E-state index is -0.875. The van der Waals surface area contributed by atoms with Gasteiger partial charge in [-0.05, 0) is 49.1 Å². The van der Waals surface area contributed by atoms with Crippen molar-refractivity contribution in [1.82, 2.24) is 0 Å². The second kappa shape index (κ2) is 5.67. The van der Waals surface area contributed by atoms with E-state index in [1.807, 2.05) is 0 Å². The number of rotatable bonds is 4. The molecule has 0 saturated carbocycles. The van der Waals surface area contributed by atoms with Crippen molar-refractivity contribution in [2.75, 3.05) is 0 Å². The fourth-order valence-electron chi connectivity index (χ4n) is 2.25. The van der Waals surface area contributed by atoms with Crippen LogP contribution in [0.2, 0.25) is 0 Å². The van der Waals surface area contributed by atoms with E-state index in [2.05, 4.69) is 0 Å². The first kappa shape index (κ1) is 14.6. The lowest BCUT2D eigenvalue weighted by Crippen LogP contribution is -2.41. The van der Waals surface area contributed by atoms with Gasteiger partial charge >= 0.3 is 0 Å². The molecule has 0 spiro atoms. The molecule has 1 nitrogen and oxygen atoms in total. The highest BCUT2D eigenvalue weighted by molar-refractivity contribution is 5.24. The van der Waals surface area contributed by atoms with Gasteiger partial charge in [0.15, 0.2) is 11.6 Å². The van der Waals surface area contributed by atoms with E-state index in [1.54, 1.807) is 19.1 Å². The van der Waals surface area contributed by atoms with Gasteiger partial charge in [-0.2, -0.15) is 0 Å². The number of halogens is 3. The highest BCUT2D eigenvalue weighted by atomic mass is 19.2. The Kier molecular flexibility index (Phi) is 4.14. The summed E-state index contributed by atoms with van der Waals surface area (Å²) < 4.78 is 39.7. The van der Waals surface area contributed by atoms with Gasteiger partial charge in [0, 0.05) is 5.54 Å². The van der Waals surface area contributed by atoms with Crippen LogP contribution in [0.25, 0.3) is 0 Å². The number of hydrogen-bond donors (Lipinski definition) is 1. The molecule has 0 fully saturated rings. The Morgan fingerprint density at radius 3 is 2.25 bits per heavy atom. The summed E-state index contributed by atoms with van der Waals surface area (Å²) in [6, 6.07) is 10.1. The van der Waals surface area contributed by atoms with E-state index in [1.165, 1.54) is 24.3 Å². The zero-order valence-electron chi connectivity index (χ0n) is 11.2. The van der Waals surface area contributed by atoms with Crippen LogP contribution >= 0.6 is 0 Å². The van der Waals surface area contributed by atoms with Crippen molar-refractivity contribution in [2.45, 2.75) is 25.3 Å². The molecule has 2 aromatic carbocycles. The van der Waals surface area contributed by atoms with Crippen LogP contribution in [0.15, 0.2) is 42.5 Å². The van der Waals surface area contributed by atoms with Crippen LogP contribution in [-0.4, -0.2) is 5.54 Å². The highest BCUT2D eigenvalue weighted by Gasteiger charge is 2.22. The quantitative estimate of drug-likeness (QED) is 0.909. The maximum absolute atomic E-state index is 13.6. The summed E-state index contributed by atoms with van der Waals surface area (Å²) in [6.45, 7) is 1.76. The Bertz CT molecular complexity index is 591. The van der Waals surface area contributed by atoms with E-state index in [9.17, 15) is 13.2 Å². The van der Waals surface area contributed by atoms with Crippen LogP contribution in [0.3, 0.4) is 0 Å². The Morgan fingerprint density at radius 1 is 0.950 bits per heavy atom. The first-order valence-corrected chi connectivity index (χ1v) is 6.34. The third kappa shape index (κ3) is 3.61. The van der Waals surface area contributed by atoms with Gasteiger partial charge in [-0.1, -0.05) is 24.3 Å². The Morgan fingerprint density at radius 2 is 1.60 bits per heavy atom. The lowest BCUT2D eigenvalue weighted by Gasteiger charge is -2.25. The van der Waals surface area contributed by atoms with Gasteiger partial charge < -0.3 is 5.73 Å². The standard InChI is InChI=1S/C16H16F3N/c1-16(20,9-11-5-7-13(17)8-6-11)10-12-3-2-4-14(18)15(12)19/h2-8H,9-10,20H2,1H3. The highest BCUT2D eigenvalue weighted by Crippen LogP contribution is 2.20. The maximum atomic E-state index is 13.6.